The van der Waals surface area contributed by atoms with Crippen LogP contribution in [-0.2, 0) is 0 Å². The van der Waals surface area contributed by atoms with Gasteiger partial charge in [-0.2, -0.15) is 0 Å². The molecule has 3 rings (SSSR count). The van der Waals surface area contributed by atoms with Gasteiger partial charge in [0.05, 0.1) is 13.3 Å². The third-order valence-corrected chi connectivity index (χ3v) is 2.91. The van der Waals surface area contributed by atoms with Crippen LogP contribution in [0.4, 0.5) is 0 Å². The van der Waals surface area contributed by atoms with Crippen LogP contribution in [0, 0.1) is 0 Å². The lowest BCUT2D eigenvalue weighted by Crippen LogP contribution is -2.35. The summed E-state index contributed by atoms with van der Waals surface area (Å²) in [5.41, 5.74) is 0. The maximum atomic E-state index is 2.65. The zero-order valence-corrected chi connectivity index (χ0v) is 7.58. The normalized spacial score (nSPS) is 29.8. The summed E-state index contributed by atoms with van der Waals surface area (Å²) >= 11 is 0. The predicted molar refractivity (Wildman–Crippen MR) is 47.7 cm³/mol. The molecule has 2 heterocycles. The van der Waals surface area contributed by atoms with E-state index in [0.717, 1.165) is 6.04 Å². The summed E-state index contributed by atoms with van der Waals surface area (Å²) in [6.07, 6.45) is 2.89. The second-order valence-corrected chi connectivity index (χ2v) is 4.34. The summed E-state index contributed by atoms with van der Waals surface area (Å²) in [5.74, 6) is 0. The van der Waals surface area contributed by atoms with Gasteiger partial charge in [0.25, 0.3) is 0 Å². The maximum absolute atomic E-state index is 2.65. The first-order valence-corrected chi connectivity index (χ1v) is 5.10. The molecule has 68 valence electrons. The SMILES string of the molecule is C1CC1N(CN1CC1)CN1CC1. The second-order valence-electron chi connectivity index (χ2n) is 4.34. The smallest absolute Gasteiger partial charge is 0.0522 e. The lowest BCUT2D eigenvalue weighted by Gasteiger charge is -2.22. The minimum absolute atomic E-state index is 0.936. The molecule has 0 spiro atoms. The molecule has 3 heteroatoms. The summed E-state index contributed by atoms with van der Waals surface area (Å²) in [7, 11) is 0. The third-order valence-electron chi connectivity index (χ3n) is 2.91. The van der Waals surface area contributed by atoms with Crippen LogP contribution >= 0.6 is 0 Å². The Morgan fingerprint density at radius 1 is 0.917 bits per heavy atom. The first-order valence-electron chi connectivity index (χ1n) is 5.10. The van der Waals surface area contributed by atoms with Crippen LogP contribution in [0.15, 0.2) is 0 Å². The topological polar surface area (TPSA) is 9.26 Å². The van der Waals surface area contributed by atoms with Crippen molar-refractivity contribution >= 4 is 0 Å². The first kappa shape index (κ1) is 7.30. The molecule has 3 aliphatic rings. The highest BCUT2D eigenvalue weighted by Crippen LogP contribution is 2.28. The Labute approximate surface area is 73.9 Å². The molecule has 0 unspecified atom stereocenters. The van der Waals surface area contributed by atoms with Crippen LogP contribution < -0.4 is 0 Å². The summed E-state index contributed by atoms with van der Waals surface area (Å²) in [5, 5.41) is 0. The molecule has 0 aromatic carbocycles. The lowest BCUT2D eigenvalue weighted by molar-refractivity contribution is 0.160. The van der Waals surface area contributed by atoms with Gasteiger partial charge < -0.3 is 0 Å². The van der Waals surface area contributed by atoms with Crippen LogP contribution in [0.1, 0.15) is 12.8 Å². The predicted octanol–water partition coefficient (Wildman–Crippen LogP) is -0.00300. The van der Waals surface area contributed by atoms with E-state index >= 15 is 0 Å². The highest BCUT2D eigenvalue weighted by molar-refractivity contribution is 4.87. The van der Waals surface area contributed by atoms with Crippen molar-refractivity contribution in [2.75, 3.05) is 39.5 Å². The van der Waals surface area contributed by atoms with Crippen LogP contribution in [0.3, 0.4) is 0 Å². The van der Waals surface area contributed by atoms with Crippen molar-refractivity contribution in [2.45, 2.75) is 18.9 Å². The van der Waals surface area contributed by atoms with E-state index in [1.54, 1.807) is 0 Å². The van der Waals surface area contributed by atoms with E-state index in [1.165, 1.54) is 52.4 Å². The quantitative estimate of drug-likeness (QED) is 0.533. The Bertz CT molecular complexity index is 157. The summed E-state index contributed by atoms with van der Waals surface area (Å²) in [6, 6.07) is 0.936. The minimum Gasteiger partial charge on any atom is -0.288 e. The molecule has 0 N–H and O–H groups in total. The monoisotopic (exact) mass is 167 g/mol. The van der Waals surface area contributed by atoms with Crippen molar-refractivity contribution in [3.63, 3.8) is 0 Å². The van der Waals surface area contributed by atoms with Gasteiger partial charge in [-0.15, -0.1) is 0 Å². The van der Waals surface area contributed by atoms with E-state index in [4.69, 9.17) is 0 Å². The molecule has 0 radical (unpaired) electrons. The largest absolute Gasteiger partial charge is 0.288 e. The molecule has 0 atom stereocenters. The Balaban J connectivity index is 1.50. The molecule has 2 saturated heterocycles. The van der Waals surface area contributed by atoms with Crippen LogP contribution in [-0.4, -0.2) is 60.3 Å². The van der Waals surface area contributed by atoms with Crippen molar-refractivity contribution in [3.8, 4) is 0 Å². The average molecular weight is 167 g/mol. The first-order chi connectivity index (χ1) is 5.92. The van der Waals surface area contributed by atoms with Gasteiger partial charge in [-0.25, -0.2) is 0 Å². The molecular formula is C9H17N3. The van der Waals surface area contributed by atoms with Gasteiger partial charge in [-0.3, -0.25) is 14.7 Å². The second kappa shape index (κ2) is 2.69. The average Bonchev–Trinajstić information content (AvgIpc) is 2.90. The summed E-state index contributed by atoms with van der Waals surface area (Å²) in [6.45, 7) is 7.82. The van der Waals surface area contributed by atoms with E-state index < -0.39 is 0 Å². The Kier molecular flexibility index (Phi) is 1.63. The Morgan fingerprint density at radius 3 is 1.75 bits per heavy atom. The standard InChI is InChI=1S/C9H17N3/c1-2-9(1)12(7-10-3-4-10)8-11-5-6-11/h9H,1-8H2. The van der Waals surface area contributed by atoms with E-state index in [-0.39, 0.29) is 0 Å². The van der Waals surface area contributed by atoms with Crippen LogP contribution in [0.5, 0.6) is 0 Å². The molecule has 0 amide bonds. The van der Waals surface area contributed by atoms with E-state index in [0.29, 0.717) is 0 Å². The number of hydrogen-bond acceptors (Lipinski definition) is 3. The molecule has 2 aliphatic heterocycles. The zero-order valence-electron chi connectivity index (χ0n) is 7.58. The van der Waals surface area contributed by atoms with E-state index in [1.807, 2.05) is 0 Å². The van der Waals surface area contributed by atoms with Gasteiger partial charge in [0.15, 0.2) is 0 Å². The Morgan fingerprint density at radius 2 is 1.42 bits per heavy atom. The van der Waals surface area contributed by atoms with E-state index in [2.05, 4.69) is 14.7 Å². The van der Waals surface area contributed by atoms with Gasteiger partial charge in [0.1, 0.15) is 0 Å². The fourth-order valence-electron chi connectivity index (χ4n) is 1.65. The number of nitrogens with zero attached hydrogens (tertiary/aromatic N) is 3. The fourth-order valence-corrected chi connectivity index (χ4v) is 1.65. The molecule has 3 fully saturated rings. The number of hydrogen-bond donors (Lipinski definition) is 0. The van der Waals surface area contributed by atoms with Crippen LogP contribution in [0.25, 0.3) is 0 Å². The Hall–Kier alpha value is -0.120. The molecule has 3 nitrogen and oxygen atoms in total. The molecule has 12 heavy (non-hydrogen) atoms. The highest BCUT2D eigenvalue weighted by atomic mass is 15.5. The zero-order chi connectivity index (χ0) is 7.97. The molecule has 0 aromatic rings. The fraction of sp³-hybridized carbons (Fsp3) is 1.00. The van der Waals surface area contributed by atoms with Crippen molar-refractivity contribution in [1.29, 1.82) is 0 Å². The van der Waals surface area contributed by atoms with E-state index in [9.17, 15) is 0 Å². The molecule has 0 bridgehead atoms. The molecular weight excluding hydrogens is 150 g/mol. The van der Waals surface area contributed by atoms with Gasteiger partial charge >= 0.3 is 0 Å². The summed E-state index contributed by atoms with van der Waals surface area (Å²) in [4.78, 5) is 7.68. The van der Waals surface area contributed by atoms with Gasteiger partial charge in [0.2, 0.25) is 0 Å². The maximum Gasteiger partial charge on any atom is 0.0522 e. The minimum atomic E-state index is 0.936. The van der Waals surface area contributed by atoms with Crippen molar-refractivity contribution in [2.24, 2.45) is 0 Å². The van der Waals surface area contributed by atoms with Gasteiger partial charge in [-0.05, 0) is 12.8 Å². The van der Waals surface area contributed by atoms with Crippen molar-refractivity contribution in [3.05, 3.63) is 0 Å². The van der Waals surface area contributed by atoms with Crippen LogP contribution in [0.2, 0.25) is 0 Å². The van der Waals surface area contributed by atoms with Gasteiger partial charge in [-0.1, -0.05) is 0 Å². The molecule has 1 aliphatic carbocycles. The van der Waals surface area contributed by atoms with Crippen molar-refractivity contribution in [1.82, 2.24) is 14.7 Å². The van der Waals surface area contributed by atoms with Crippen molar-refractivity contribution < 1.29 is 0 Å². The highest BCUT2D eigenvalue weighted by Gasteiger charge is 2.34. The summed E-state index contributed by atoms with van der Waals surface area (Å²) < 4.78 is 0. The molecule has 1 saturated carbocycles. The van der Waals surface area contributed by atoms with Gasteiger partial charge in [0, 0.05) is 32.2 Å². The third kappa shape index (κ3) is 1.79. The number of rotatable bonds is 5. The molecule has 0 aromatic heterocycles. The lowest BCUT2D eigenvalue weighted by atomic mass is 10.6.